The van der Waals surface area contributed by atoms with E-state index in [1.165, 1.54) is 14.2 Å². The second-order valence-corrected chi connectivity index (χ2v) is 3.76. The molecule has 0 aromatic carbocycles. The van der Waals surface area contributed by atoms with E-state index in [9.17, 15) is 8.42 Å². The van der Waals surface area contributed by atoms with E-state index in [1.807, 2.05) is 0 Å². The van der Waals surface area contributed by atoms with Crippen LogP contribution in [0.2, 0.25) is 0 Å². The smallest absolute Gasteiger partial charge is 0.296 e. The SMILES string of the molecule is COC1=CC(S(=O)(=O)O)=CN(OC)N1. The zero-order valence-corrected chi connectivity index (χ0v) is 8.41. The molecule has 0 bridgehead atoms. The molecule has 80 valence electrons. The first-order valence-corrected chi connectivity index (χ1v) is 4.96. The lowest BCUT2D eigenvalue weighted by Gasteiger charge is -2.24. The Morgan fingerprint density at radius 1 is 1.50 bits per heavy atom. The van der Waals surface area contributed by atoms with Crippen molar-refractivity contribution in [3.05, 3.63) is 23.1 Å². The molecular weight excluding hydrogens is 212 g/mol. The first-order chi connectivity index (χ1) is 6.47. The predicted molar refractivity (Wildman–Crippen MR) is 46.7 cm³/mol. The molecule has 1 heterocycles. The minimum atomic E-state index is -4.27. The van der Waals surface area contributed by atoms with Crippen LogP contribution in [-0.4, -0.2) is 32.4 Å². The molecule has 0 unspecified atom stereocenters. The minimum absolute atomic E-state index is 0.141. The summed E-state index contributed by atoms with van der Waals surface area (Å²) in [6, 6.07) is 0. The fourth-order valence-corrected chi connectivity index (χ4v) is 1.28. The van der Waals surface area contributed by atoms with Gasteiger partial charge in [0.2, 0.25) is 5.88 Å². The third kappa shape index (κ3) is 2.37. The van der Waals surface area contributed by atoms with Crippen molar-refractivity contribution in [2.24, 2.45) is 0 Å². The third-order valence-corrected chi connectivity index (χ3v) is 2.27. The number of hydrazine groups is 1. The van der Waals surface area contributed by atoms with Crippen LogP contribution in [0, 0.1) is 0 Å². The van der Waals surface area contributed by atoms with Crippen molar-refractivity contribution >= 4 is 10.1 Å². The number of hydroxylamine groups is 1. The van der Waals surface area contributed by atoms with Crippen molar-refractivity contribution < 1.29 is 22.5 Å². The number of nitrogens with zero attached hydrogens (tertiary/aromatic N) is 1. The van der Waals surface area contributed by atoms with Crippen LogP contribution in [0.4, 0.5) is 0 Å². The Morgan fingerprint density at radius 2 is 2.14 bits per heavy atom. The summed E-state index contributed by atoms with van der Waals surface area (Å²) in [5, 5.41) is 0.988. The van der Waals surface area contributed by atoms with Gasteiger partial charge in [-0.3, -0.25) is 9.39 Å². The second kappa shape index (κ2) is 3.86. The van der Waals surface area contributed by atoms with Gasteiger partial charge in [-0.15, -0.1) is 0 Å². The minimum Gasteiger partial charge on any atom is -0.481 e. The average Bonchev–Trinajstić information content (AvgIpc) is 2.15. The van der Waals surface area contributed by atoms with Crippen LogP contribution in [0.1, 0.15) is 0 Å². The van der Waals surface area contributed by atoms with Gasteiger partial charge in [-0.1, -0.05) is 0 Å². The van der Waals surface area contributed by atoms with Gasteiger partial charge in [0, 0.05) is 6.08 Å². The number of nitrogens with one attached hydrogen (secondary N) is 1. The lowest BCUT2D eigenvalue weighted by molar-refractivity contribution is -0.132. The highest BCUT2D eigenvalue weighted by atomic mass is 32.2. The highest BCUT2D eigenvalue weighted by Gasteiger charge is 2.19. The molecule has 1 aliphatic rings. The van der Waals surface area contributed by atoms with Crippen LogP contribution in [0.15, 0.2) is 23.1 Å². The van der Waals surface area contributed by atoms with Crippen LogP contribution in [-0.2, 0) is 19.7 Å². The van der Waals surface area contributed by atoms with Crippen molar-refractivity contribution in [2.45, 2.75) is 0 Å². The first kappa shape index (κ1) is 10.8. The largest absolute Gasteiger partial charge is 0.481 e. The highest BCUT2D eigenvalue weighted by molar-refractivity contribution is 7.90. The Labute approximate surface area is 81.3 Å². The lowest BCUT2D eigenvalue weighted by atomic mass is 10.5. The van der Waals surface area contributed by atoms with Crippen molar-refractivity contribution in [1.82, 2.24) is 10.6 Å². The summed E-state index contributed by atoms with van der Waals surface area (Å²) < 4.78 is 35.1. The molecule has 0 saturated heterocycles. The van der Waals surface area contributed by atoms with Crippen molar-refractivity contribution in [3.8, 4) is 0 Å². The van der Waals surface area contributed by atoms with Crippen LogP contribution in [0.3, 0.4) is 0 Å². The predicted octanol–water partition coefficient (Wildman–Crippen LogP) is -0.415. The molecule has 0 spiro atoms. The molecule has 0 radical (unpaired) electrons. The van der Waals surface area contributed by atoms with E-state index in [1.54, 1.807) is 0 Å². The molecule has 8 heteroatoms. The Balaban J connectivity index is 3.04. The quantitative estimate of drug-likeness (QED) is 0.627. The number of hydrogen-bond acceptors (Lipinski definition) is 6. The summed E-state index contributed by atoms with van der Waals surface area (Å²) in [6.07, 6.45) is 2.20. The standard InChI is InChI=1S/C6H10N2O5S/c1-12-6-3-5(14(9,10)11)4-8(7-6)13-2/h3-4,7H,1-2H3,(H,9,10,11). The molecule has 2 N–H and O–H groups in total. The molecular formula is C6H10N2O5S. The van der Waals surface area contributed by atoms with E-state index < -0.39 is 10.1 Å². The van der Waals surface area contributed by atoms with Gasteiger partial charge in [0.15, 0.2) is 0 Å². The van der Waals surface area contributed by atoms with E-state index >= 15 is 0 Å². The number of hydrogen-bond donors (Lipinski definition) is 2. The monoisotopic (exact) mass is 222 g/mol. The molecule has 0 aromatic rings. The Morgan fingerprint density at radius 3 is 2.57 bits per heavy atom. The van der Waals surface area contributed by atoms with Gasteiger partial charge >= 0.3 is 0 Å². The molecule has 0 fully saturated rings. The Bertz CT molecular complexity index is 372. The number of methoxy groups -OCH3 is 1. The number of rotatable bonds is 3. The van der Waals surface area contributed by atoms with Gasteiger partial charge in [-0.25, -0.2) is 5.43 Å². The molecule has 0 atom stereocenters. The van der Waals surface area contributed by atoms with Crippen LogP contribution < -0.4 is 5.43 Å². The molecule has 0 amide bonds. The fraction of sp³-hybridized carbons (Fsp3) is 0.333. The van der Waals surface area contributed by atoms with Crippen molar-refractivity contribution in [3.63, 3.8) is 0 Å². The van der Waals surface area contributed by atoms with Gasteiger partial charge < -0.3 is 4.74 Å². The zero-order valence-electron chi connectivity index (χ0n) is 7.59. The molecule has 1 aliphatic heterocycles. The zero-order chi connectivity index (χ0) is 10.8. The fourth-order valence-electron chi connectivity index (χ4n) is 0.799. The molecule has 0 aliphatic carbocycles. The van der Waals surface area contributed by atoms with E-state index in [2.05, 4.69) is 5.43 Å². The van der Waals surface area contributed by atoms with E-state index in [-0.39, 0.29) is 10.8 Å². The molecule has 14 heavy (non-hydrogen) atoms. The van der Waals surface area contributed by atoms with Gasteiger partial charge in [-0.2, -0.15) is 13.6 Å². The second-order valence-electron chi connectivity index (χ2n) is 2.34. The van der Waals surface area contributed by atoms with E-state index in [0.29, 0.717) is 0 Å². The molecule has 0 aromatic heterocycles. The molecule has 0 saturated carbocycles. The topological polar surface area (TPSA) is 88.1 Å². The highest BCUT2D eigenvalue weighted by Crippen LogP contribution is 2.14. The van der Waals surface area contributed by atoms with Crippen molar-refractivity contribution in [2.75, 3.05) is 14.2 Å². The van der Waals surface area contributed by atoms with Crippen molar-refractivity contribution in [1.29, 1.82) is 0 Å². The summed E-state index contributed by atoms with van der Waals surface area (Å²) in [5.41, 5.74) is 2.55. The average molecular weight is 222 g/mol. The van der Waals surface area contributed by atoms with Gasteiger partial charge in [0.05, 0.1) is 20.4 Å². The molecule has 1 rings (SSSR count). The Kier molecular flexibility index (Phi) is 2.99. The maximum Gasteiger partial charge on any atom is 0.296 e. The Hall–Kier alpha value is -1.25. The first-order valence-electron chi connectivity index (χ1n) is 3.52. The van der Waals surface area contributed by atoms with Gasteiger partial charge in [-0.05, 0) is 0 Å². The summed E-state index contributed by atoms with van der Waals surface area (Å²) in [5.74, 6) is 0.141. The summed E-state index contributed by atoms with van der Waals surface area (Å²) in [7, 11) is -1.60. The summed E-state index contributed by atoms with van der Waals surface area (Å²) in [4.78, 5) is 4.37. The van der Waals surface area contributed by atoms with Gasteiger partial charge in [0.1, 0.15) is 4.91 Å². The number of ether oxygens (including phenoxy) is 1. The normalized spacial score (nSPS) is 16.9. The van der Waals surface area contributed by atoms with Gasteiger partial charge in [0.25, 0.3) is 10.1 Å². The summed E-state index contributed by atoms with van der Waals surface area (Å²) >= 11 is 0. The van der Waals surface area contributed by atoms with E-state index in [4.69, 9.17) is 14.1 Å². The third-order valence-electron chi connectivity index (χ3n) is 1.45. The van der Waals surface area contributed by atoms with Crippen LogP contribution in [0.25, 0.3) is 0 Å². The maximum atomic E-state index is 10.8. The number of allylic oxidation sites excluding steroid dienone is 1. The van der Waals surface area contributed by atoms with E-state index in [0.717, 1.165) is 17.4 Å². The van der Waals surface area contributed by atoms with Crippen LogP contribution >= 0.6 is 0 Å². The summed E-state index contributed by atoms with van der Waals surface area (Å²) in [6.45, 7) is 0. The molecule has 7 nitrogen and oxygen atoms in total. The lowest BCUT2D eigenvalue weighted by Crippen LogP contribution is -2.36. The van der Waals surface area contributed by atoms with Crippen LogP contribution in [0.5, 0.6) is 0 Å². The maximum absolute atomic E-state index is 10.8.